The van der Waals surface area contributed by atoms with E-state index in [2.05, 4.69) is 4.98 Å². The topological polar surface area (TPSA) is 36.7 Å². The molecule has 0 spiro atoms. The Morgan fingerprint density at radius 1 is 1.70 bits per heavy atom. The van der Waals surface area contributed by atoms with Gasteiger partial charge < -0.3 is 0 Å². The van der Waals surface area contributed by atoms with Gasteiger partial charge in [0.1, 0.15) is 11.2 Å². The van der Waals surface area contributed by atoms with E-state index in [0.29, 0.717) is 10.7 Å². The maximum absolute atomic E-state index is 8.48. The molecule has 0 unspecified atom stereocenters. The number of rotatable bonds is 0. The van der Waals surface area contributed by atoms with Gasteiger partial charge in [-0.05, 0) is 18.6 Å². The van der Waals surface area contributed by atoms with Crippen molar-refractivity contribution < 1.29 is 0 Å². The van der Waals surface area contributed by atoms with E-state index in [1.54, 1.807) is 6.07 Å². The summed E-state index contributed by atoms with van der Waals surface area (Å²) in [5.74, 6) is 0. The molecule has 0 fully saturated rings. The molecule has 2 nitrogen and oxygen atoms in total. The van der Waals surface area contributed by atoms with Crippen LogP contribution in [0.15, 0.2) is 12.3 Å². The number of pyridine rings is 1. The van der Waals surface area contributed by atoms with Crippen LogP contribution in [0.1, 0.15) is 11.1 Å². The summed E-state index contributed by atoms with van der Waals surface area (Å²) >= 11 is 5.55. The molecule has 0 aliphatic rings. The summed E-state index contributed by atoms with van der Waals surface area (Å²) in [4.78, 5) is 3.75. The van der Waals surface area contributed by atoms with Gasteiger partial charge in [-0.3, -0.25) is 0 Å². The Hall–Kier alpha value is -1.07. The highest BCUT2D eigenvalue weighted by Gasteiger charge is 1.96. The van der Waals surface area contributed by atoms with Gasteiger partial charge in [-0.25, -0.2) is 4.98 Å². The quantitative estimate of drug-likeness (QED) is 0.533. The molecular weight excluding hydrogens is 148 g/mol. The fourth-order valence-electron chi connectivity index (χ4n) is 0.639. The normalized spacial score (nSPS) is 8.90. The molecule has 1 heterocycles. The SMILES string of the molecule is Cc1cc(Cl)ncc1C#N. The lowest BCUT2D eigenvalue weighted by Crippen LogP contribution is -1.83. The Kier molecular flexibility index (Phi) is 1.88. The summed E-state index contributed by atoms with van der Waals surface area (Å²) < 4.78 is 0. The van der Waals surface area contributed by atoms with Gasteiger partial charge in [-0.1, -0.05) is 11.6 Å². The lowest BCUT2D eigenvalue weighted by atomic mass is 10.2. The average Bonchev–Trinajstić information content (AvgIpc) is 1.88. The van der Waals surface area contributed by atoms with Gasteiger partial charge in [-0.2, -0.15) is 5.26 Å². The summed E-state index contributed by atoms with van der Waals surface area (Å²) in [6.07, 6.45) is 1.47. The van der Waals surface area contributed by atoms with Gasteiger partial charge >= 0.3 is 0 Å². The Labute approximate surface area is 64.1 Å². The molecule has 1 aromatic rings. The summed E-state index contributed by atoms with van der Waals surface area (Å²) in [6, 6.07) is 3.67. The second kappa shape index (κ2) is 2.68. The standard InChI is InChI=1S/C7H5ClN2/c1-5-2-7(8)10-4-6(5)3-9/h2,4H,1H3. The van der Waals surface area contributed by atoms with Gasteiger partial charge in [0.15, 0.2) is 0 Å². The van der Waals surface area contributed by atoms with Crippen molar-refractivity contribution in [3.8, 4) is 6.07 Å². The lowest BCUT2D eigenvalue weighted by molar-refractivity contribution is 1.25. The zero-order chi connectivity index (χ0) is 7.56. The highest BCUT2D eigenvalue weighted by Crippen LogP contribution is 2.09. The number of hydrogen-bond donors (Lipinski definition) is 0. The van der Waals surface area contributed by atoms with Gasteiger partial charge in [0.25, 0.3) is 0 Å². The predicted octanol–water partition coefficient (Wildman–Crippen LogP) is 1.92. The van der Waals surface area contributed by atoms with E-state index < -0.39 is 0 Å². The third-order valence-corrected chi connectivity index (χ3v) is 1.40. The molecular formula is C7H5ClN2. The van der Waals surface area contributed by atoms with E-state index in [-0.39, 0.29) is 0 Å². The third-order valence-electron chi connectivity index (χ3n) is 1.20. The van der Waals surface area contributed by atoms with Crippen molar-refractivity contribution in [3.05, 3.63) is 28.5 Å². The zero-order valence-electron chi connectivity index (χ0n) is 5.43. The van der Waals surface area contributed by atoms with E-state index in [0.717, 1.165) is 5.56 Å². The van der Waals surface area contributed by atoms with Crippen LogP contribution in [0.4, 0.5) is 0 Å². The van der Waals surface area contributed by atoms with Crippen LogP contribution < -0.4 is 0 Å². The molecule has 1 aromatic heterocycles. The smallest absolute Gasteiger partial charge is 0.129 e. The molecule has 0 atom stereocenters. The first-order chi connectivity index (χ1) is 4.74. The molecule has 0 aromatic carbocycles. The summed E-state index contributed by atoms with van der Waals surface area (Å²) in [5, 5.41) is 8.90. The van der Waals surface area contributed by atoms with Crippen molar-refractivity contribution in [1.82, 2.24) is 4.98 Å². The average molecular weight is 153 g/mol. The number of halogens is 1. The van der Waals surface area contributed by atoms with Crippen LogP contribution in [0.25, 0.3) is 0 Å². The number of aromatic nitrogens is 1. The molecule has 3 heteroatoms. The molecule has 0 saturated heterocycles. The number of hydrogen-bond acceptors (Lipinski definition) is 2. The van der Waals surface area contributed by atoms with Crippen LogP contribution in [-0.4, -0.2) is 4.98 Å². The van der Waals surface area contributed by atoms with Gasteiger partial charge in [-0.15, -0.1) is 0 Å². The second-order valence-corrected chi connectivity index (χ2v) is 2.32. The van der Waals surface area contributed by atoms with Gasteiger partial charge in [0, 0.05) is 6.20 Å². The van der Waals surface area contributed by atoms with Crippen molar-refractivity contribution in [1.29, 1.82) is 5.26 Å². The monoisotopic (exact) mass is 152 g/mol. The summed E-state index contributed by atoms with van der Waals surface area (Å²) in [7, 11) is 0. The molecule has 0 amide bonds. The molecule has 0 bridgehead atoms. The fourth-order valence-corrected chi connectivity index (χ4v) is 0.851. The third kappa shape index (κ3) is 1.26. The van der Waals surface area contributed by atoms with Crippen LogP contribution in [0, 0.1) is 18.3 Å². The molecule has 0 radical (unpaired) electrons. The van der Waals surface area contributed by atoms with Crippen molar-refractivity contribution >= 4 is 11.6 Å². The van der Waals surface area contributed by atoms with E-state index in [1.165, 1.54) is 6.20 Å². The summed E-state index contributed by atoms with van der Waals surface area (Å²) in [5.41, 5.74) is 1.44. The van der Waals surface area contributed by atoms with Crippen molar-refractivity contribution in [2.45, 2.75) is 6.92 Å². The highest BCUT2D eigenvalue weighted by atomic mass is 35.5. The number of aryl methyl sites for hydroxylation is 1. The van der Waals surface area contributed by atoms with Crippen LogP contribution in [0.5, 0.6) is 0 Å². The minimum Gasteiger partial charge on any atom is -0.243 e. The van der Waals surface area contributed by atoms with E-state index >= 15 is 0 Å². The Morgan fingerprint density at radius 2 is 2.40 bits per heavy atom. The first-order valence-electron chi connectivity index (χ1n) is 2.76. The molecule has 10 heavy (non-hydrogen) atoms. The Morgan fingerprint density at radius 3 is 2.90 bits per heavy atom. The number of nitrogens with zero attached hydrogens (tertiary/aromatic N) is 2. The van der Waals surface area contributed by atoms with E-state index in [9.17, 15) is 0 Å². The predicted molar refractivity (Wildman–Crippen MR) is 38.7 cm³/mol. The highest BCUT2D eigenvalue weighted by molar-refractivity contribution is 6.29. The van der Waals surface area contributed by atoms with E-state index in [4.69, 9.17) is 16.9 Å². The molecule has 50 valence electrons. The molecule has 0 saturated carbocycles. The molecule has 1 rings (SSSR count). The number of nitriles is 1. The van der Waals surface area contributed by atoms with Crippen LogP contribution >= 0.6 is 11.6 Å². The maximum Gasteiger partial charge on any atom is 0.129 e. The summed E-state index contributed by atoms with van der Waals surface area (Å²) in [6.45, 7) is 1.83. The Balaban J connectivity index is 3.23. The zero-order valence-corrected chi connectivity index (χ0v) is 6.18. The van der Waals surface area contributed by atoms with Crippen LogP contribution in [0.2, 0.25) is 5.15 Å². The fraction of sp³-hybridized carbons (Fsp3) is 0.143. The largest absolute Gasteiger partial charge is 0.243 e. The van der Waals surface area contributed by atoms with Gasteiger partial charge in [0.2, 0.25) is 0 Å². The lowest BCUT2D eigenvalue weighted by Gasteiger charge is -1.93. The minimum absolute atomic E-state index is 0.427. The van der Waals surface area contributed by atoms with E-state index in [1.807, 2.05) is 13.0 Å². The minimum atomic E-state index is 0.427. The first kappa shape index (κ1) is 7.04. The Bertz CT molecular complexity index is 288. The first-order valence-corrected chi connectivity index (χ1v) is 3.14. The molecule has 0 N–H and O–H groups in total. The van der Waals surface area contributed by atoms with Crippen molar-refractivity contribution in [2.24, 2.45) is 0 Å². The van der Waals surface area contributed by atoms with Crippen LogP contribution in [0.3, 0.4) is 0 Å². The van der Waals surface area contributed by atoms with Crippen LogP contribution in [-0.2, 0) is 0 Å². The second-order valence-electron chi connectivity index (χ2n) is 1.93. The van der Waals surface area contributed by atoms with Gasteiger partial charge in [0.05, 0.1) is 5.56 Å². The van der Waals surface area contributed by atoms with Crippen molar-refractivity contribution in [2.75, 3.05) is 0 Å². The van der Waals surface area contributed by atoms with Crippen molar-refractivity contribution in [3.63, 3.8) is 0 Å². The molecule has 0 aliphatic carbocycles. The maximum atomic E-state index is 8.48. The molecule has 0 aliphatic heterocycles.